The molecule has 0 aliphatic carbocycles. The molecule has 1 N–H and O–H groups in total. The van der Waals surface area contributed by atoms with Crippen molar-refractivity contribution in [2.45, 2.75) is 45.2 Å². The molecule has 1 aliphatic heterocycles. The molecular weight excluding hydrogens is 344 g/mol. The van der Waals surface area contributed by atoms with Gasteiger partial charge in [-0.05, 0) is 45.2 Å². The first kappa shape index (κ1) is 17.5. The number of furan rings is 1. The molecule has 0 spiro atoms. The highest BCUT2D eigenvalue weighted by molar-refractivity contribution is 5.85. The third-order valence-corrected chi connectivity index (χ3v) is 4.99. The Kier molecular flexibility index (Phi) is 4.79. The van der Waals surface area contributed by atoms with Crippen molar-refractivity contribution in [2.75, 3.05) is 23.3 Å². The lowest BCUT2D eigenvalue weighted by Gasteiger charge is -2.37. The lowest BCUT2D eigenvalue weighted by Crippen LogP contribution is -2.45. The number of hydrogen-bond acceptors (Lipinski definition) is 7. The number of fused-ring (bicyclic) bond motifs is 1. The summed E-state index contributed by atoms with van der Waals surface area (Å²) in [5, 5.41) is 17.1. The first-order valence-corrected chi connectivity index (χ1v) is 9.43. The molecule has 8 nitrogen and oxygen atoms in total. The molecule has 1 unspecified atom stereocenters. The third kappa shape index (κ3) is 3.51. The normalized spacial score (nSPS) is 17.6. The van der Waals surface area contributed by atoms with Gasteiger partial charge >= 0.3 is 0 Å². The standard InChI is InChI=1S/C19H24N6O2/c1-13(2)25-17(26)7-6-16(23-25)24-9-4-3-5-15(24)12-20-19-18-14(8-10-27-18)11-21-22-19/h6-8,10-11,13,15H,3-5,9,12H2,1-2H3,(H,20,22). The minimum Gasteiger partial charge on any atom is -0.460 e. The van der Waals surface area contributed by atoms with Gasteiger partial charge in [-0.15, -0.1) is 5.10 Å². The molecule has 3 aromatic heterocycles. The van der Waals surface area contributed by atoms with E-state index in [1.165, 1.54) is 6.42 Å². The Morgan fingerprint density at radius 1 is 1.30 bits per heavy atom. The maximum atomic E-state index is 12.0. The summed E-state index contributed by atoms with van der Waals surface area (Å²) in [6.07, 6.45) is 6.67. The molecular formula is C19H24N6O2. The molecule has 4 rings (SSSR count). The molecule has 0 aromatic carbocycles. The van der Waals surface area contributed by atoms with E-state index in [4.69, 9.17) is 4.42 Å². The molecule has 3 aromatic rings. The zero-order valence-corrected chi connectivity index (χ0v) is 15.6. The van der Waals surface area contributed by atoms with Gasteiger partial charge < -0.3 is 14.6 Å². The molecule has 1 fully saturated rings. The predicted molar refractivity (Wildman–Crippen MR) is 104 cm³/mol. The van der Waals surface area contributed by atoms with E-state index < -0.39 is 0 Å². The van der Waals surface area contributed by atoms with Gasteiger partial charge in [0.15, 0.2) is 11.4 Å². The molecule has 0 radical (unpaired) electrons. The number of nitrogens with zero attached hydrogens (tertiary/aromatic N) is 5. The van der Waals surface area contributed by atoms with Crippen molar-refractivity contribution in [1.29, 1.82) is 0 Å². The Labute approximate surface area is 157 Å². The molecule has 0 bridgehead atoms. The molecule has 4 heterocycles. The van der Waals surface area contributed by atoms with E-state index in [2.05, 4.69) is 25.5 Å². The lowest BCUT2D eigenvalue weighted by atomic mass is 10.0. The van der Waals surface area contributed by atoms with Crippen molar-refractivity contribution in [3.8, 4) is 0 Å². The molecule has 1 saturated heterocycles. The molecule has 0 amide bonds. The molecule has 27 heavy (non-hydrogen) atoms. The number of nitrogens with one attached hydrogen (secondary N) is 1. The number of rotatable bonds is 5. The SMILES string of the molecule is CC(C)n1nc(N2CCCCC2CNc2nncc3ccoc23)ccc1=O. The van der Waals surface area contributed by atoms with E-state index >= 15 is 0 Å². The predicted octanol–water partition coefficient (Wildman–Crippen LogP) is 2.83. The van der Waals surface area contributed by atoms with Crippen molar-refractivity contribution in [3.05, 3.63) is 41.0 Å². The third-order valence-electron chi connectivity index (χ3n) is 4.99. The van der Waals surface area contributed by atoms with Crippen LogP contribution in [0.4, 0.5) is 11.6 Å². The number of hydrogen-bond donors (Lipinski definition) is 1. The Hall–Kier alpha value is -2.90. The monoisotopic (exact) mass is 368 g/mol. The average molecular weight is 368 g/mol. The van der Waals surface area contributed by atoms with E-state index in [1.54, 1.807) is 23.2 Å². The smallest absolute Gasteiger partial charge is 0.267 e. The summed E-state index contributed by atoms with van der Waals surface area (Å²) in [7, 11) is 0. The summed E-state index contributed by atoms with van der Waals surface area (Å²) in [5.74, 6) is 1.50. The highest BCUT2D eigenvalue weighted by Gasteiger charge is 2.25. The minimum atomic E-state index is -0.0693. The van der Waals surface area contributed by atoms with Crippen LogP contribution in [-0.2, 0) is 0 Å². The highest BCUT2D eigenvalue weighted by Crippen LogP contribution is 2.25. The maximum absolute atomic E-state index is 12.0. The number of piperidine rings is 1. The molecule has 1 atom stereocenters. The van der Waals surface area contributed by atoms with Crippen LogP contribution < -0.4 is 15.8 Å². The summed E-state index contributed by atoms with van der Waals surface area (Å²) in [6, 6.07) is 5.60. The van der Waals surface area contributed by atoms with Crippen LogP contribution in [0.2, 0.25) is 0 Å². The lowest BCUT2D eigenvalue weighted by molar-refractivity contribution is 0.451. The molecule has 142 valence electrons. The van der Waals surface area contributed by atoms with Crippen LogP contribution in [0, 0.1) is 0 Å². The highest BCUT2D eigenvalue weighted by atomic mass is 16.3. The van der Waals surface area contributed by atoms with E-state index in [-0.39, 0.29) is 17.6 Å². The Morgan fingerprint density at radius 2 is 2.19 bits per heavy atom. The van der Waals surface area contributed by atoms with Gasteiger partial charge in [-0.2, -0.15) is 10.2 Å². The van der Waals surface area contributed by atoms with Crippen molar-refractivity contribution in [2.24, 2.45) is 0 Å². The Bertz CT molecular complexity index is 979. The molecule has 1 aliphatic rings. The van der Waals surface area contributed by atoms with Crippen LogP contribution in [0.25, 0.3) is 11.0 Å². The Balaban J connectivity index is 1.55. The van der Waals surface area contributed by atoms with Crippen LogP contribution in [0.15, 0.2) is 39.9 Å². The van der Waals surface area contributed by atoms with Crippen molar-refractivity contribution < 1.29 is 4.42 Å². The first-order valence-electron chi connectivity index (χ1n) is 9.43. The summed E-state index contributed by atoms with van der Waals surface area (Å²) >= 11 is 0. The van der Waals surface area contributed by atoms with Gasteiger partial charge in [0.2, 0.25) is 0 Å². The summed E-state index contributed by atoms with van der Waals surface area (Å²) in [5.41, 5.74) is 0.652. The second-order valence-electron chi connectivity index (χ2n) is 7.19. The summed E-state index contributed by atoms with van der Waals surface area (Å²) in [4.78, 5) is 14.3. The fourth-order valence-corrected chi connectivity index (χ4v) is 3.59. The number of anilines is 2. The van der Waals surface area contributed by atoms with Gasteiger partial charge in [0.1, 0.15) is 5.82 Å². The van der Waals surface area contributed by atoms with E-state index in [1.807, 2.05) is 26.0 Å². The number of aromatic nitrogens is 4. The van der Waals surface area contributed by atoms with Crippen LogP contribution in [0.1, 0.15) is 39.2 Å². The van der Waals surface area contributed by atoms with Crippen LogP contribution in [-0.4, -0.2) is 39.1 Å². The van der Waals surface area contributed by atoms with Gasteiger partial charge in [-0.25, -0.2) is 4.68 Å². The second-order valence-corrected chi connectivity index (χ2v) is 7.19. The van der Waals surface area contributed by atoms with E-state index in [0.29, 0.717) is 12.4 Å². The topological polar surface area (TPSA) is 89.1 Å². The van der Waals surface area contributed by atoms with Gasteiger partial charge in [0, 0.05) is 30.6 Å². The quantitative estimate of drug-likeness (QED) is 0.741. The second kappa shape index (κ2) is 7.38. The van der Waals surface area contributed by atoms with Gasteiger partial charge in [0.05, 0.1) is 18.5 Å². The van der Waals surface area contributed by atoms with E-state index in [0.717, 1.165) is 36.2 Å². The maximum Gasteiger partial charge on any atom is 0.267 e. The van der Waals surface area contributed by atoms with E-state index in [9.17, 15) is 4.79 Å². The van der Waals surface area contributed by atoms with Gasteiger partial charge in [-0.1, -0.05) is 0 Å². The van der Waals surface area contributed by atoms with Gasteiger partial charge in [-0.3, -0.25) is 4.79 Å². The van der Waals surface area contributed by atoms with Crippen molar-refractivity contribution in [3.63, 3.8) is 0 Å². The Morgan fingerprint density at radius 3 is 3.04 bits per heavy atom. The van der Waals surface area contributed by atoms with Crippen LogP contribution >= 0.6 is 0 Å². The van der Waals surface area contributed by atoms with Crippen molar-refractivity contribution in [1.82, 2.24) is 20.0 Å². The van der Waals surface area contributed by atoms with Crippen LogP contribution in [0.3, 0.4) is 0 Å². The van der Waals surface area contributed by atoms with Gasteiger partial charge in [0.25, 0.3) is 5.56 Å². The average Bonchev–Trinajstić information content (AvgIpc) is 3.16. The fourth-order valence-electron chi connectivity index (χ4n) is 3.59. The minimum absolute atomic E-state index is 0.0330. The fraction of sp³-hybridized carbons (Fsp3) is 0.474. The summed E-state index contributed by atoms with van der Waals surface area (Å²) in [6.45, 7) is 5.56. The summed E-state index contributed by atoms with van der Waals surface area (Å²) < 4.78 is 7.07. The van der Waals surface area contributed by atoms with Crippen molar-refractivity contribution >= 4 is 22.6 Å². The zero-order valence-electron chi connectivity index (χ0n) is 15.6. The first-order chi connectivity index (χ1) is 13.1. The largest absolute Gasteiger partial charge is 0.460 e. The zero-order chi connectivity index (χ0) is 18.8. The van der Waals surface area contributed by atoms with Crippen LogP contribution in [0.5, 0.6) is 0 Å². The molecule has 0 saturated carbocycles. The molecule has 8 heteroatoms.